The second kappa shape index (κ2) is 5.89. The molecule has 1 aromatic heterocycles. The minimum Gasteiger partial charge on any atom is -0.497 e. The largest absolute Gasteiger partial charge is 0.497 e. The van der Waals surface area contributed by atoms with E-state index in [-0.39, 0.29) is 0 Å². The Balaban J connectivity index is 1.93. The van der Waals surface area contributed by atoms with Gasteiger partial charge in [-0.05, 0) is 35.9 Å². The Morgan fingerprint density at radius 3 is 2.57 bits per heavy atom. The van der Waals surface area contributed by atoms with Gasteiger partial charge in [-0.3, -0.25) is 0 Å². The van der Waals surface area contributed by atoms with Crippen LogP contribution in [0.15, 0.2) is 48.5 Å². The van der Waals surface area contributed by atoms with Gasteiger partial charge in [0.05, 0.1) is 7.11 Å². The van der Waals surface area contributed by atoms with E-state index in [0.29, 0.717) is 4.64 Å². The number of rotatable bonds is 3. The van der Waals surface area contributed by atoms with Crippen molar-refractivity contribution in [3.8, 4) is 5.75 Å². The van der Waals surface area contributed by atoms with Gasteiger partial charge >= 0.3 is 0 Å². The number of aromatic nitrogens is 2. The fraction of sp³-hybridized carbons (Fsp3) is 0.0588. The molecule has 104 valence electrons. The topological polar surface area (TPSA) is 37.9 Å². The average Bonchev–Trinajstić information content (AvgIpc) is 2.53. The lowest BCUT2D eigenvalue weighted by Gasteiger charge is -2.01. The lowest BCUT2D eigenvalue weighted by atomic mass is 10.2. The van der Waals surface area contributed by atoms with E-state index in [1.54, 1.807) is 7.11 Å². The molecule has 21 heavy (non-hydrogen) atoms. The molecule has 1 heterocycles. The van der Waals surface area contributed by atoms with Gasteiger partial charge in [-0.15, -0.1) is 0 Å². The van der Waals surface area contributed by atoms with Crippen molar-refractivity contribution in [2.45, 2.75) is 0 Å². The predicted octanol–water partition coefficient (Wildman–Crippen LogP) is 4.47. The molecule has 0 aliphatic heterocycles. The summed E-state index contributed by atoms with van der Waals surface area (Å²) < 4.78 is 5.75. The summed E-state index contributed by atoms with van der Waals surface area (Å²) in [5.41, 5.74) is 2.07. The molecule has 2 aromatic carbocycles. The Hall–Kier alpha value is -2.46. The number of hydrogen-bond acceptors (Lipinski definition) is 3. The van der Waals surface area contributed by atoms with Crippen LogP contribution in [0.2, 0.25) is 0 Å². The molecule has 3 aromatic rings. The van der Waals surface area contributed by atoms with Gasteiger partial charge in [0, 0.05) is 10.9 Å². The van der Waals surface area contributed by atoms with Crippen LogP contribution in [0.3, 0.4) is 0 Å². The van der Waals surface area contributed by atoms with E-state index < -0.39 is 0 Å². The normalized spacial score (nSPS) is 11.1. The van der Waals surface area contributed by atoms with E-state index in [1.807, 2.05) is 60.7 Å². The lowest BCUT2D eigenvalue weighted by Crippen LogP contribution is -1.90. The minimum atomic E-state index is 0.610. The fourth-order valence-corrected chi connectivity index (χ4v) is 2.36. The third-order valence-corrected chi connectivity index (χ3v) is 3.50. The van der Waals surface area contributed by atoms with Gasteiger partial charge in [-0.1, -0.05) is 42.6 Å². The standard InChI is InChI=1S/C17H14N2OS/c1-20-13-9-6-12(7-10-13)8-11-16-18-15-5-3-2-4-14(15)17(21)19-16/h2-11H,1H3,(H,18,19,21)/b11-8+. The van der Waals surface area contributed by atoms with Gasteiger partial charge in [0.2, 0.25) is 0 Å². The fourth-order valence-electron chi connectivity index (χ4n) is 2.08. The first-order valence-corrected chi connectivity index (χ1v) is 6.98. The van der Waals surface area contributed by atoms with Gasteiger partial charge < -0.3 is 9.72 Å². The smallest absolute Gasteiger partial charge is 0.137 e. The van der Waals surface area contributed by atoms with E-state index in [9.17, 15) is 0 Å². The second-order valence-electron chi connectivity index (χ2n) is 4.58. The van der Waals surface area contributed by atoms with Crippen LogP contribution in [0.1, 0.15) is 11.4 Å². The Bertz CT molecular complexity index is 851. The number of H-pyrrole nitrogens is 1. The number of para-hydroxylation sites is 1. The lowest BCUT2D eigenvalue weighted by molar-refractivity contribution is 0.415. The van der Waals surface area contributed by atoms with Crippen molar-refractivity contribution in [1.29, 1.82) is 0 Å². The van der Waals surface area contributed by atoms with Crippen LogP contribution in [-0.2, 0) is 0 Å². The number of aromatic amines is 1. The predicted molar refractivity (Wildman–Crippen MR) is 88.8 cm³/mol. The maximum absolute atomic E-state index is 5.32. The van der Waals surface area contributed by atoms with Crippen molar-refractivity contribution in [3.05, 3.63) is 64.6 Å². The van der Waals surface area contributed by atoms with Gasteiger partial charge in [0.15, 0.2) is 0 Å². The van der Waals surface area contributed by atoms with Gasteiger partial charge in [0.1, 0.15) is 16.2 Å². The maximum atomic E-state index is 5.32. The molecule has 0 saturated carbocycles. The van der Waals surface area contributed by atoms with Crippen LogP contribution in [0.4, 0.5) is 0 Å². The van der Waals surface area contributed by atoms with Crippen LogP contribution in [0.25, 0.3) is 23.1 Å². The highest BCUT2D eigenvalue weighted by molar-refractivity contribution is 7.71. The van der Waals surface area contributed by atoms with Crippen LogP contribution < -0.4 is 4.74 Å². The number of fused-ring (bicyclic) bond motifs is 1. The van der Waals surface area contributed by atoms with Crippen molar-refractivity contribution in [2.24, 2.45) is 0 Å². The molecule has 0 aliphatic rings. The third-order valence-electron chi connectivity index (χ3n) is 3.19. The Morgan fingerprint density at radius 2 is 1.81 bits per heavy atom. The molecule has 0 amide bonds. The van der Waals surface area contributed by atoms with Crippen molar-refractivity contribution in [1.82, 2.24) is 9.97 Å². The Kier molecular flexibility index (Phi) is 3.79. The zero-order valence-electron chi connectivity index (χ0n) is 11.5. The summed E-state index contributed by atoms with van der Waals surface area (Å²) in [5.74, 6) is 1.59. The van der Waals surface area contributed by atoms with Crippen LogP contribution >= 0.6 is 12.2 Å². The molecule has 0 spiro atoms. The zero-order chi connectivity index (χ0) is 14.7. The molecule has 0 fully saturated rings. The molecule has 0 bridgehead atoms. The van der Waals surface area contributed by atoms with Crippen molar-refractivity contribution in [2.75, 3.05) is 7.11 Å². The summed E-state index contributed by atoms with van der Waals surface area (Å²) in [5, 5.41) is 0.967. The molecule has 0 saturated heterocycles. The molecule has 3 nitrogen and oxygen atoms in total. The number of hydrogen-bond donors (Lipinski definition) is 1. The molecule has 4 heteroatoms. The Morgan fingerprint density at radius 1 is 1.05 bits per heavy atom. The molecular weight excluding hydrogens is 280 g/mol. The maximum Gasteiger partial charge on any atom is 0.137 e. The first-order valence-electron chi connectivity index (χ1n) is 6.57. The van der Waals surface area contributed by atoms with Crippen LogP contribution in [0.5, 0.6) is 5.75 Å². The number of nitrogens with zero attached hydrogens (tertiary/aromatic N) is 1. The molecule has 0 aliphatic carbocycles. The first-order chi connectivity index (χ1) is 10.3. The quantitative estimate of drug-likeness (QED) is 0.724. The minimum absolute atomic E-state index is 0.610. The number of ether oxygens (including phenoxy) is 1. The summed E-state index contributed by atoms with van der Waals surface area (Å²) in [6, 6.07) is 15.7. The highest BCUT2D eigenvalue weighted by atomic mass is 32.1. The van der Waals surface area contributed by atoms with Gasteiger partial charge in [-0.2, -0.15) is 0 Å². The van der Waals surface area contributed by atoms with E-state index in [2.05, 4.69) is 9.97 Å². The van der Waals surface area contributed by atoms with Gasteiger partial charge in [-0.25, -0.2) is 4.98 Å². The highest BCUT2D eigenvalue weighted by Gasteiger charge is 1.98. The Labute approximate surface area is 127 Å². The number of benzene rings is 2. The van der Waals surface area contributed by atoms with E-state index in [1.165, 1.54) is 0 Å². The third kappa shape index (κ3) is 3.01. The molecule has 1 N–H and O–H groups in total. The highest BCUT2D eigenvalue weighted by Crippen LogP contribution is 2.15. The van der Waals surface area contributed by atoms with Crippen LogP contribution in [-0.4, -0.2) is 17.1 Å². The van der Waals surface area contributed by atoms with E-state index in [0.717, 1.165) is 28.0 Å². The summed E-state index contributed by atoms with van der Waals surface area (Å²) in [7, 11) is 1.66. The van der Waals surface area contributed by atoms with Crippen molar-refractivity contribution >= 4 is 35.3 Å². The summed E-state index contributed by atoms with van der Waals surface area (Å²) in [4.78, 5) is 7.67. The van der Waals surface area contributed by atoms with Gasteiger partial charge in [0.25, 0.3) is 0 Å². The first kappa shape index (κ1) is 13.5. The van der Waals surface area contributed by atoms with E-state index >= 15 is 0 Å². The summed E-state index contributed by atoms with van der Waals surface area (Å²) in [6.45, 7) is 0. The molecule has 0 atom stereocenters. The monoisotopic (exact) mass is 294 g/mol. The van der Waals surface area contributed by atoms with Crippen LogP contribution in [0, 0.1) is 4.64 Å². The molecular formula is C17H14N2OS. The second-order valence-corrected chi connectivity index (χ2v) is 4.97. The molecule has 3 rings (SSSR count). The molecule has 0 radical (unpaired) electrons. The van der Waals surface area contributed by atoms with Crippen molar-refractivity contribution < 1.29 is 4.74 Å². The average molecular weight is 294 g/mol. The van der Waals surface area contributed by atoms with Crippen molar-refractivity contribution in [3.63, 3.8) is 0 Å². The van der Waals surface area contributed by atoms with E-state index in [4.69, 9.17) is 17.0 Å². The number of methoxy groups -OCH3 is 1. The SMILES string of the molecule is COc1ccc(/C=C/c2nc(=S)c3ccccc3[nH]2)cc1. The summed E-state index contributed by atoms with van der Waals surface area (Å²) in [6.07, 6.45) is 3.91. The molecule has 0 unspecified atom stereocenters. The summed E-state index contributed by atoms with van der Waals surface area (Å²) >= 11 is 5.32. The number of nitrogens with one attached hydrogen (secondary N) is 1. The zero-order valence-corrected chi connectivity index (χ0v) is 12.4.